The molecular weight excluding hydrogens is 338 g/mol. The standard InChI is InChI=1S/C18H21N3O3S/c19-9-12-3-1-11(2-4-12)7-8-20-10-15(23)13-5-6-14(22)16-17(13)25-18(24)21-16/h1-6,15,20,22-23H,7-10,19H2,(H,21,24)/t15-/m0/s1. The Bertz CT molecular complexity index is 902. The third kappa shape index (κ3) is 4.08. The molecule has 1 aromatic heterocycles. The van der Waals surface area contributed by atoms with Crippen LogP contribution in [0.4, 0.5) is 0 Å². The van der Waals surface area contributed by atoms with Crippen molar-refractivity contribution in [2.75, 3.05) is 13.1 Å². The van der Waals surface area contributed by atoms with Gasteiger partial charge in [-0.25, -0.2) is 0 Å². The van der Waals surface area contributed by atoms with E-state index in [-0.39, 0.29) is 10.6 Å². The summed E-state index contributed by atoms with van der Waals surface area (Å²) < 4.78 is 0.594. The molecular formula is C18H21N3O3S. The van der Waals surface area contributed by atoms with Crippen LogP contribution in [0.5, 0.6) is 5.75 Å². The lowest BCUT2D eigenvalue weighted by molar-refractivity contribution is 0.177. The molecule has 2 aromatic carbocycles. The van der Waals surface area contributed by atoms with Gasteiger partial charge >= 0.3 is 4.87 Å². The molecule has 25 heavy (non-hydrogen) atoms. The number of nitrogens with one attached hydrogen (secondary N) is 2. The van der Waals surface area contributed by atoms with Crippen molar-refractivity contribution < 1.29 is 10.2 Å². The molecule has 6 nitrogen and oxygen atoms in total. The van der Waals surface area contributed by atoms with Gasteiger partial charge in [-0.3, -0.25) is 4.79 Å². The maximum atomic E-state index is 11.5. The Labute approximate surface area is 148 Å². The number of rotatable bonds is 7. The van der Waals surface area contributed by atoms with Gasteiger partial charge < -0.3 is 26.2 Å². The van der Waals surface area contributed by atoms with Crippen LogP contribution in [-0.2, 0) is 13.0 Å². The minimum Gasteiger partial charge on any atom is -0.506 e. The topological polar surface area (TPSA) is 111 Å². The average Bonchev–Trinajstić information content (AvgIpc) is 3.01. The number of benzene rings is 2. The van der Waals surface area contributed by atoms with Crippen LogP contribution >= 0.6 is 11.3 Å². The highest BCUT2D eigenvalue weighted by Crippen LogP contribution is 2.31. The van der Waals surface area contributed by atoms with Crippen molar-refractivity contribution in [3.05, 3.63) is 62.8 Å². The van der Waals surface area contributed by atoms with Crippen LogP contribution in [0.3, 0.4) is 0 Å². The van der Waals surface area contributed by atoms with Gasteiger partial charge in [0.05, 0.1) is 10.8 Å². The molecule has 0 saturated heterocycles. The number of hydrogen-bond acceptors (Lipinski definition) is 6. The van der Waals surface area contributed by atoms with Gasteiger partial charge in [-0.2, -0.15) is 0 Å². The van der Waals surface area contributed by atoms with E-state index >= 15 is 0 Å². The van der Waals surface area contributed by atoms with Crippen molar-refractivity contribution in [1.29, 1.82) is 0 Å². The molecule has 1 atom stereocenters. The Morgan fingerprint density at radius 1 is 1.16 bits per heavy atom. The number of nitrogens with two attached hydrogens (primary N) is 1. The molecule has 0 saturated carbocycles. The normalized spacial score (nSPS) is 12.6. The van der Waals surface area contributed by atoms with E-state index in [1.54, 1.807) is 6.07 Å². The maximum absolute atomic E-state index is 11.5. The van der Waals surface area contributed by atoms with Crippen molar-refractivity contribution in [1.82, 2.24) is 10.3 Å². The number of aromatic hydroxyl groups is 1. The van der Waals surface area contributed by atoms with Gasteiger partial charge in [0.1, 0.15) is 11.3 Å². The largest absolute Gasteiger partial charge is 0.506 e. The molecule has 132 valence electrons. The molecule has 0 aliphatic rings. The summed E-state index contributed by atoms with van der Waals surface area (Å²) in [6.45, 7) is 1.63. The van der Waals surface area contributed by atoms with E-state index < -0.39 is 6.10 Å². The summed E-state index contributed by atoms with van der Waals surface area (Å²) in [6.07, 6.45) is 0.0919. The Morgan fingerprint density at radius 3 is 2.60 bits per heavy atom. The van der Waals surface area contributed by atoms with Crippen LogP contribution in [0.15, 0.2) is 41.2 Å². The summed E-state index contributed by atoms with van der Waals surface area (Å²) in [4.78, 5) is 13.9. The monoisotopic (exact) mass is 359 g/mol. The second-order valence-electron chi connectivity index (χ2n) is 5.88. The second-order valence-corrected chi connectivity index (χ2v) is 6.87. The van der Waals surface area contributed by atoms with Crippen molar-refractivity contribution in [2.24, 2.45) is 5.73 Å². The molecule has 0 bridgehead atoms. The SMILES string of the molecule is NCc1ccc(CCNC[C@H](O)c2ccc(O)c3[nH]c(=O)sc23)cc1. The molecule has 7 heteroatoms. The summed E-state index contributed by atoms with van der Waals surface area (Å²) in [6, 6.07) is 11.3. The molecule has 0 spiro atoms. The summed E-state index contributed by atoms with van der Waals surface area (Å²) >= 11 is 0.992. The first kappa shape index (κ1) is 17.6. The van der Waals surface area contributed by atoms with Crippen molar-refractivity contribution in [3.63, 3.8) is 0 Å². The first-order valence-corrected chi connectivity index (χ1v) is 8.91. The smallest absolute Gasteiger partial charge is 0.305 e. The van der Waals surface area contributed by atoms with Gasteiger partial charge in [-0.05, 0) is 30.2 Å². The molecule has 0 amide bonds. The number of hydrogen-bond donors (Lipinski definition) is 5. The fraction of sp³-hybridized carbons (Fsp3) is 0.278. The number of aliphatic hydroxyl groups excluding tert-OH is 1. The number of aromatic nitrogens is 1. The van der Waals surface area contributed by atoms with Gasteiger partial charge in [-0.1, -0.05) is 41.7 Å². The van der Waals surface area contributed by atoms with Crippen molar-refractivity contribution in [2.45, 2.75) is 19.1 Å². The molecule has 0 aliphatic carbocycles. The third-order valence-corrected chi connectivity index (χ3v) is 5.07. The lowest BCUT2D eigenvalue weighted by Gasteiger charge is -2.13. The van der Waals surface area contributed by atoms with Crippen LogP contribution in [-0.4, -0.2) is 28.3 Å². The molecule has 0 unspecified atom stereocenters. The van der Waals surface area contributed by atoms with E-state index in [1.807, 2.05) is 12.1 Å². The van der Waals surface area contributed by atoms with Crippen LogP contribution in [0.25, 0.3) is 10.2 Å². The van der Waals surface area contributed by atoms with Gasteiger partial charge in [0.15, 0.2) is 0 Å². The fourth-order valence-corrected chi connectivity index (χ4v) is 3.64. The molecule has 0 fully saturated rings. The Morgan fingerprint density at radius 2 is 1.88 bits per heavy atom. The highest BCUT2D eigenvalue weighted by molar-refractivity contribution is 7.16. The molecule has 3 aromatic rings. The van der Waals surface area contributed by atoms with Crippen molar-refractivity contribution >= 4 is 21.6 Å². The summed E-state index contributed by atoms with van der Waals surface area (Å²) in [5.74, 6) is 0.0122. The van der Waals surface area contributed by atoms with Crippen LogP contribution in [0, 0.1) is 0 Å². The molecule has 0 aliphatic heterocycles. The van der Waals surface area contributed by atoms with E-state index in [4.69, 9.17) is 5.73 Å². The van der Waals surface area contributed by atoms with Gasteiger partial charge in [0.25, 0.3) is 0 Å². The van der Waals surface area contributed by atoms with E-state index in [0.717, 1.165) is 29.9 Å². The average molecular weight is 359 g/mol. The van der Waals surface area contributed by atoms with E-state index in [2.05, 4.69) is 22.4 Å². The molecule has 1 heterocycles. The second kappa shape index (κ2) is 7.79. The maximum Gasteiger partial charge on any atom is 0.305 e. The summed E-state index contributed by atoms with van der Waals surface area (Å²) in [7, 11) is 0. The number of H-pyrrole nitrogens is 1. The fourth-order valence-electron chi connectivity index (χ4n) is 2.73. The van der Waals surface area contributed by atoms with Gasteiger partial charge in [0, 0.05) is 18.7 Å². The molecule has 0 radical (unpaired) electrons. The highest BCUT2D eigenvalue weighted by atomic mass is 32.1. The molecule has 3 rings (SSSR count). The van der Waals surface area contributed by atoms with Crippen LogP contribution in [0.2, 0.25) is 0 Å². The summed E-state index contributed by atoms with van der Waals surface area (Å²) in [5, 5.41) is 23.4. The number of phenolic OH excluding ortho intramolecular Hbond substituents is 1. The number of thiazole rings is 1. The van der Waals surface area contributed by atoms with Gasteiger partial charge in [-0.15, -0.1) is 0 Å². The first-order chi connectivity index (χ1) is 12.1. The van der Waals surface area contributed by atoms with Crippen molar-refractivity contribution in [3.8, 4) is 5.75 Å². The molecule has 6 N–H and O–H groups in total. The summed E-state index contributed by atoms with van der Waals surface area (Å²) in [5.41, 5.74) is 8.91. The lowest BCUT2D eigenvalue weighted by Crippen LogP contribution is -2.23. The van der Waals surface area contributed by atoms with E-state index in [1.165, 1.54) is 11.6 Å². The zero-order chi connectivity index (χ0) is 17.8. The van der Waals surface area contributed by atoms with Crippen LogP contribution < -0.4 is 15.9 Å². The quantitative estimate of drug-likeness (QED) is 0.412. The predicted molar refractivity (Wildman–Crippen MR) is 100.0 cm³/mol. The first-order valence-electron chi connectivity index (χ1n) is 8.10. The number of aromatic amines is 1. The van der Waals surface area contributed by atoms with E-state index in [9.17, 15) is 15.0 Å². The number of aliphatic hydroxyl groups is 1. The van der Waals surface area contributed by atoms with Gasteiger partial charge in [0.2, 0.25) is 0 Å². The zero-order valence-corrected chi connectivity index (χ0v) is 14.5. The minimum absolute atomic E-state index is 0.0122. The van der Waals surface area contributed by atoms with E-state index in [0.29, 0.717) is 28.9 Å². The number of phenols is 1. The number of fused-ring (bicyclic) bond motifs is 1. The Hall–Kier alpha value is -2.19. The zero-order valence-electron chi connectivity index (χ0n) is 13.7. The minimum atomic E-state index is -0.755. The predicted octanol–water partition coefficient (Wildman–Crippen LogP) is 1.62. The lowest BCUT2D eigenvalue weighted by atomic mass is 10.1. The third-order valence-electron chi connectivity index (χ3n) is 4.13. The Balaban J connectivity index is 1.58. The highest BCUT2D eigenvalue weighted by Gasteiger charge is 2.15. The Kier molecular flexibility index (Phi) is 5.50. The van der Waals surface area contributed by atoms with Crippen LogP contribution in [0.1, 0.15) is 22.8 Å².